The summed E-state index contributed by atoms with van der Waals surface area (Å²) in [4.78, 5) is 3.87. The van der Waals surface area contributed by atoms with Crippen LogP contribution < -0.4 is 16.0 Å². The number of nitrogen functional groups attached to an aromatic ring is 1. The highest BCUT2D eigenvalue weighted by molar-refractivity contribution is 7.89. The lowest BCUT2D eigenvalue weighted by Crippen LogP contribution is -2.28. The summed E-state index contributed by atoms with van der Waals surface area (Å²) in [6.45, 7) is 1.78. The lowest BCUT2D eigenvalue weighted by atomic mass is 10.2. The molecule has 1 atom stereocenters. The monoisotopic (exact) mass is 298 g/mol. The summed E-state index contributed by atoms with van der Waals surface area (Å²) in [7, 11) is -3.73. The third-order valence-corrected chi connectivity index (χ3v) is 4.76. The molecule has 102 valence electrons. The fourth-order valence-corrected chi connectivity index (χ4v) is 3.68. The molecule has 0 amide bonds. The molecule has 4 N–H and O–H groups in total. The van der Waals surface area contributed by atoms with Crippen LogP contribution in [0.1, 0.15) is 18.5 Å². The number of anilines is 1. The zero-order valence-electron chi connectivity index (χ0n) is 10.2. The molecule has 0 bridgehead atoms. The molecule has 0 radical (unpaired) electrons. The van der Waals surface area contributed by atoms with Gasteiger partial charge in [0.25, 0.3) is 10.0 Å². The Hall–Kier alpha value is -1.48. The largest absolute Gasteiger partial charge is 0.321 e. The van der Waals surface area contributed by atoms with Crippen LogP contribution in [0.15, 0.2) is 40.2 Å². The van der Waals surface area contributed by atoms with Gasteiger partial charge in [0.05, 0.1) is 5.69 Å². The second-order valence-corrected chi connectivity index (χ2v) is 6.31. The van der Waals surface area contributed by atoms with Crippen molar-refractivity contribution in [3.63, 3.8) is 0 Å². The van der Waals surface area contributed by atoms with Crippen LogP contribution in [0, 0.1) is 0 Å². The average Bonchev–Trinajstić information content (AvgIpc) is 2.92. The number of hydrogen-bond acceptors (Lipinski definition) is 6. The van der Waals surface area contributed by atoms with Crippen molar-refractivity contribution in [2.24, 2.45) is 5.84 Å². The van der Waals surface area contributed by atoms with Crippen molar-refractivity contribution >= 4 is 27.0 Å². The molecule has 0 aliphatic heterocycles. The Morgan fingerprint density at radius 1 is 1.42 bits per heavy atom. The molecule has 0 saturated heterocycles. The number of nitrogens with zero attached hydrogens (tertiary/aromatic N) is 1. The van der Waals surface area contributed by atoms with Crippen molar-refractivity contribution in [2.75, 3.05) is 5.43 Å². The van der Waals surface area contributed by atoms with Crippen LogP contribution in [0.25, 0.3) is 0 Å². The lowest BCUT2D eigenvalue weighted by molar-refractivity contribution is 0.564. The number of nitrogens with two attached hydrogens (primary N) is 1. The third kappa shape index (κ3) is 3.10. The van der Waals surface area contributed by atoms with Crippen LogP contribution in [0.5, 0.6) is 0 Å². The zero-order valence-corrected chi connectivity index (χ0v) is 11.8. The molecule has 0 aliphatic carbocycles. The van der Waals surface area contributed by atoms with Crippen LogP contribution in [-0.4, -0.2) is 13.4 Å². The van der Waals surface area contributed by atoms with Gasteiger partial charge in [0.15, 0.2) is 5.03 Å². The number of nitrogens with one attached hydrogen (secondary N) is 2. The predicted octanol–water partition coefficient (Wildman–Crippen LogP) is 1.47. The molecule has 0 spiro atoms. The van der Waals surface area contributed by atoms with E-state index in [4.69, 9.17) is 5.84 Å². The van der Waals surface area contributed by atoms with E-state index >= 15 is 0 Å². The van der Waals surface area contributed by atoms with Crippen molar-refractivity contribution in [3.05, 3.63) is 40.7 Å². The molecule has 8 heteroatoms. The van der Waals surface area contributed by atoms with Crippen LogP contribution in [0.2, 0.25) is 0 Å². The second-order valence-electron chi connectivity index (χ2n) is 3.90. The van der Waals surface area contributed by atoms with Gasteiger partial charge in [-0.25, -0.2) is 18.1 Å². The summed E-state index contributed by atoms with van der Waals surface area (Å²) in [6.07, 6.45) is 1.41. The topological polar surface area (TPSA) is 97.1 Å². The van der Waals surface area contributed by atoms with E-state index in [1.165, 1.54) is 17.5 Å². The molecular weight excluding hydrogens is 284 g/mol. The number of sulfonamides is 1. The van der Waals surface area contributed by atoms with E-state index in [1.54, 1.807) is 19.1 Å². The van der Waals surface area contributed by atoms with Gasteiger partial charge in [0.2, 0.25) is 0 Å². The molecule has 2 heterocycles. The van der Waals surface area contributed by atoms with Gasteiger partial charge in [-0.3, -0.25) is 5.84 Å². The number of thiophene rings is 1. The van der Waals surface area contributed by atoms with E-state index in [1.807, 2.05) is 16.8 Å². The molecule has 2 aromatic heterocycles. The van der Waals surface area contributed by atoms with Gasteiger partial charge in [0.1, 0.15) is 0 Å². The Morgan fingerprint density at radius 2 is 2.21 bits per heavy atom. The maximum atomic E-state index is 12.3. The summed E-state index contributed by atoms with van der Waals surface area (Å²) in [6, 6.07) is 4.70. The number of hydrogen-bond donors (Lipinski definition) is 3. The number of pyridine rings is 1. The minimum Gasteiger partial charge on any atom is -0.321 e. The number of rotatable bonds is 5. The highest BCUT2D eigenvalue weighted by atomic mass is 32.2. The maximum Gasteiger partial charge on any atom is 0.260 e. The molecule has 2 rings (SSSR count). The van der Waals surface area contributed by atoms with Crippen molar-refractivity contribution < 1.29 is 8.42 Å². The molecule has 6 nitrogen and oxygen atoms in total. The van der Waals surface area contributed by atoms with Crippen molar-refractivity contribution in [1.82, 2.24) is 9.71 Å². The average molecular weight is 298 g/mol. The first-order valence-corrected chi connectivity index (χ1v) is 7.93. The van der Waals surface area contributed by atoms with Gasteiger partial charge in [0, 0.05) is 12.2 Å². The minimum atomic E-state index is -3.73. The van der Waals surface area contributed by atoms with Gasteiger partial charge in [-0.05, 0) is 41.4 Å². The third-order valence-electron chi connectivity index (χ3n) is 2.56. The normalized spacial score (nSPS) is 13.2. The van der Waals surface area contributed by atoms with Crippen LogP contribution >= 0.6 is 11.3 Å². The molecule has 2 aromatic rings. The summed E-state index contributed by atoms with van der Waals surface area (Å²) < 4.78 is 27.1. The van der Waals surface area contributed by atoms with E-state index in [0.29, 0.717) is 0 Å². The van der Waals surface area contributed by atoms with E-state index in [0.717, 1.165) is 5.56 Å². The van der Waals surface area contributed by atoms with Gasteiger partial charge >= 0.3 is 0 Å². The Labute approximate surface area is 115 Å². The minimum absolute atomic E-state index is 0.112. The smallest absolute Gasteiger partial charge is 0.260 e. The van der Waals surface area contributed by atoms with Gasteiger partial charge in [-0.2, -0.15) is 11.3 Å². The van der Waals surface area contributed by atoms with E-state index < -0.39 is 10.0 Å². The Balaban J connectivity index is 2.28. The number of aromatic nitrogens is 1. The number of hydrazine groups is 1. The Morgan fingerprint density at radius 3 is 2.84 bits per heavy atom. The van der Waals surface area contributed by atoms with E-state index in [-0.39, 0.29) is 16.8 Å². The van der Waals surface area contributed by atoms with Crippen molar-refractivity contribution in [2.45, 2.75) is 18.0 Å². The van der Waals surface area contributed by atoms with Gasteiger partial charge in [-0.15, -0.1) is 0 Å². The first-order valence-electron chi connectivity index (χ1n) is 5.50. The Kier molecular flexibility index (Phi) is 4.15. The quantitative estimate of drug-likeness (QED) is 0.573. The fourth-order valence-electron chi connectivity index (χ4n) is 1.59. The summed E-state index contributed by atoms with van der Waals surface area (Å²) in [5.74, 6) is 5.29. The van der Waals surface area contributed by atoms with Crippen LogP contribution in [0.3, 0.4) is 0 Å². The fraction of sp³-hybridized carbons (Fsp3) is 0.182. The van der Waals surface area contributed by atoms with Crippen molar-refractivity contribution in [3.8, 4) is 0 Å². The predicted molar refractivity (Wildman–Crippen MR) is 75.1 cm³/mol. The second kappa shape index (κ2) is 5.66. The molecular formula is C11H14N4O2S2. The SMILES string of the molecule is CC(NS(=O)(=O)c1ncccc1NN)c1ccsc1. The van der Waals surface area contributed by atoms with Crippen molar-refractivity contribution in [1.29, 1.82) is 0 Å². The summed E-state index contributed by atoms with van der Waals surface area (Å²) in [5.41, 5.74) is 3.50. The highest BCUT2D eigenvalue weighted by Crippen LogP contribution is 2.21. The van der Waals surface area contributed by atoms with Gasteiger partial charge < -0.3 is 5.43 Å². The summed E-state index contributed by atoms with van der Waals surface area (Å²) in [5, 5.41) is 3.68. The molecule has 19 heavy (non-hydrogen) atoms. The van der Waals surface area contributed by atoms with E-state index in [2.05, 4.69) is 15.1 Å². The molecule has 0 saturated carbocycles. The van der Waals surface area contributed by atoms with Crippen LogP contribution in [0.4, 0.5) is 5.69 Å². The maximum absolute atomic E-state index is 12.3. The molecule has 0 aliphatic rings. The summed E-state index contributed by atoms with van der Waals surface area (Å²) >= 11 is 1.51. The Bertz CT molecular complexity index is 640. The highest BCUT2D eigenvalue weighted by Gasteiger charge is 2.22. The molecule has 0 fully saturated rings. The molecule has 1 unspecified atom stereocenters. The standard InChI is InChI=1S/C11H14N4O2S2/c1-8(9-4-6-18-7-9)15-19(16,17)11-10(14-12)3-2-5-13-11/h2-8,14-15H,12H2,1H3. The first-order chi connectivity index (χ1) is 9.04. The first kappa shape index (κ1) is 13.9. The van der Waals surface area contributed by atoms with E-state index in [9.17, 15) is 8.42 Å². The van der Waals surface area contributed by atoms with Gasteiger partial charge in [-0.1, -0.05) is 0 Å². The van der Waals surface area contributed by atoms with Crippen LogP contribution in [-0.2, 0) is 10.0 Å². The molecule has 0 aromatic carbocycles. The lowest BCUT2D eigenvalue weighted by Gasteiger charge is -2.14. The zero-order chi connectivity index (χ0) is 13.9.